The summed E-state index contributed by atoms with van der Waals surface area (Å²) < 4.78 is 5.02. The van der Waals surface area contributed by atoms with E-state index in [1.54, 1.807) is 12.1 Å². The van der Waals surface area contributed by atoms with Crippen LogP contribution in [0.15, 0.2) is 24.3 Å². The SMILES string of the molecule is CC(C)CCOC(=O)NCc1ccc(N)cc1. The fraction of sp³-hybridized carbons (Fsp3) is 0.462. The summed E-state index contributed by atoms with van der Waals surface area (Å²) in [6.45, 7) is 5.11. The molecule has 0 aliphatic carbocycles. The van der Waals surface area contributed by atoms with E-state index < -0.39 is 0 Å². The Labute approximate surface area is 102 Å². The maximum Gasteiger partial charge on any atom is 0.407 e. The smallest absolute Gasteiger partial charge is 0.407 e. The van der Waals surface area contributed by atoms with Crippen LogP contribution in [0.5, 0.6) is 0 Å². The van der Waals surface area contributed by atoms with E-state index in [4.69, 9.17) is 10.5 Å². The van der Waals surface area contributed by atoms with E-state index in [-0.39, 0.29) is 6.09 Å². The zero-order valence-corrected chi connectivity index (χ0v) is 10.4. The van der Waals surface area contributed by atoms with Crippen LogP contribution >= 0.6 is 0 Å². The van der Waals surface area contributed by atoms with Gasteiger partial charge in [-0.05, 0) is 30.0 Å². The van der Waals surface area contributed by atoms with Crippen LogP contribution in [-0.4, -0.2) is 12.7 Å². The molecule has 0 aliphatic heterocycles. The van der Waals surface area contributed by atoms with Crippen molar-refractivity contribution in [3.63, 3.8) is 0 Å². The number of carbonyl (C=O) groups is 1. The van der Waals surface area contributed by atoms with Gasteiger partial charge in [-0.2, -0.15) is 0 Å². The highest BCUT2D eigenvalue weighted by Gasteiger charge is 2.02. The number of carbonyl (C=O) groups excluding carboxylic acids is 1. The molecule has 0 saturated carbocycles. The van der Waals surface area contributed by atoms with Gasteiger partial charge in [-0.3, -0.25) is 0 Å². The van der Waals surface area contributed by atoms with E-state index in [1.165, 1.54) is 0 Å². The van der Waals surface area contributed by atoms with Crippen LogP contribution in [0, 0.1) is 5.92 Å². The summed E-state index contributed by atoms with van der Waals surface area (Å²) in [5.41, 5.74) is 7.28. The van der Waals surface area contributed by atoms with Crippen molar-refractivity contribution in [3.05, 3.63) is 29.8 Å². The molecule has 1 rings (SSSR count). The third-order valence-corrected chi connectivity index (χ3v) is 2.34. The molecular weight excluding hydrogens is 216 g/mol. The number of amides is 1. The highest BCUT2D eigenvalue weighted by atomic mass is 16.5. The minimum atomic E-state index is -0.373. The number of hydrogen-bond acceptors (Lipinski definition) is 3. The molecule has 17 heavy (non-hydrogen) atoms. The molecule has 0 spiro atoms. The Morgan fingerprint density at radius 2 is 2.00 bits per heavy atom. The molecule has 1 aromatic rings. The lowest BCUT2D eigenvalue weighted by atomic mass is 10.1. The number of alkyl carbamates (subject to hydrolysis) is 1. The molecule has 0 fully saturated rings. The zero-order valence-electron chi connectivity index (χ0n) is 10.4. The van der Waals surface area contributed by atoms with Gasteiger partial charge in [-0.1, -0.05) is 26.0 Å². The molecule has 0 bridgehead atoms. The first-order valence-electron chi connectivity index (χ1n) is 5.83. The highest BCUT2D eigenvalue weighted by Crippen LogP contribution is 2.05. The molecule has 1 aromatic carbocycles. The van der Waals surface area contributed by atoms with Gasteiger partial charge in [-0.15, -0.1) is 0 Å². The number of nitrogens with one attached hydrogen (secondary N) is 1. The van der Waals surface area contributed by atoms with Gasteiger partial charge < -0.3 is 15.8 Å². The molecule has 0 aromatic heterocycles. The standard InChI is InChI=1S/C13H20N2O2/c1-10(2)7-8-17-13(16)15-9-11-3-5-12(14)6-4-11/h3-6,10H,7-9,14H2,1-2H3,(H,15,16). The molecule has 4 nitrogen and oxygen atoms in total. The van der Waals surface area contributed by atoms with Gasteiger partial charge in [0.25, 0.3) is 0 Å². The Hall–Kier alpha value is -1.71. The predicted molar refractivity (Wildman–Crippen MR) is 68.5 cm³/mol. The first-order valence-corrected chi connectivity index (χ1v) is 5.83. The van der Waals surface area contributed by atoms with Crippen molar-refractivity contribution >= 4 is 11.8 Å². The van der Waals surface area contributed by atoms with E-state index in [9.17, 15) is 4.79 Å². The fourth-order valence-corrected chi connectivity index (χ4v) is 1.25. The van der Waals surface area contributed by atoms with E-state index in [2.05, 4.69) is 19.2 Å². The molecule has 0 aliphatic rings. The Kier molecular flexibility index (Phi) is 5.33. The van der Waals surface area contributed by atoms with Gasteiger partial charge in [0.05, 0.1) is 6.61 Å². The lowest BCUT2D eigenvalue weighted by Crippen LogP contribution is -2.24. The van der Waals surface area contributed by atoms with Gasteiger partial charge in [0, 0.05) is 12.2 Å². The summed E-state index contributed by atoms with van der Waals surface area (Å²) in [5, 5.41) is 2.69. The number of anilines is 1. The van der Waals surface area contributed by atoms with Crippen molar-refractivity contribution in [3.8, 4) is 0 Å². The van der Waals surface area contributed by atoms with Crippen LogP contribution in [0.4, 0.5) is 10.5 Å². The maximum absolute atomic E-state index is 11.3. The third-order valence-electron chi connectivity index (χ3n) is 2.34. The van der Waals surface area contributed by atoms with Crippen LogP contribution in [0.3, 0.4) is 0 Å². The summed E-state index contributed by atoms with van der Waals surface area (Å²) in [6, 6.07) is 7.37. The number of hydrogen-bond donors (Lipinski definition) is 2. The summed E-state index contributed by atoms with van der Waals surface area (Å²) in [6.07, 6.45) is 0.512. The average Bonchev–Trinajstić information content (AvgIpc) is 2.28. The van der Waals surface area contributed by atoms with E-state index >= 15 is 0 Å². The Bertz CT molecular complexity index is 347. The van der Waals surface area contributed by atoms with E-state index in [1.807, 2.05) is 12.1 Å². The van der Waals surface area contributed by atoms with Crippen molar-refractivity contribution in [2.75, 3.05) is 12.3 Å². The Morgan fingerprint density at radius 3 is 2.59 bits per heavy atom. The Morgan fingerprint density at radius 1 is 1.35 bits per heavy atom. The van der Waals surface area contributed by atoms with Crippen molar-refractivity contribution < 1.29 is 9.53 Å². The summed E-state index contributed by atoms with van der Waals surface area (Å²) in [5.74, 6) is 0.542. The maximum atomic E-state index is 11.3. The van der Waals surface area contributed by atoms with Gasteiger partial charge in [0.15, 0.2) is 0 Å². The van der Waals surface area contributed by atoms with Crippen LogP contribution in [0.2, 0.25) is 0 Å². The second kappa shape index (κ2) is 6.78. The normalized spacial score (nSPS) is 10.3. The average molecular weight is 236 g/mol. The summed E-state index contributed by atoms with van der Waals surface area (Å²) >= 11 is 0. The number of benzene rings is 1. The number of nitrogens with two attached hydrogens (primary N) is 1. The van der Waals surface area contributed by atoms with Crippen LogP contribution in [0.1, 0.15) is 25.8 Å². The summed E-state index contributed by atoms with van der Waals surface area (Å²) in [4.78, 5) is 11.3. The molecular formula is C13H20N2O2. The molecule has 1 amide bonds. The lowest BCUT2D eigenvalue weighted by Gasteiger charge is -2.08. The van der Waals surface area contributed by atoms with Crippen molar-refractivity contribution in [1.82, 2.24) is 5.32 Å². The zero-order chi connectivity index (χ0) is 12.7. The molecule has 0 heterocycles. The second-order valence-corrected chi connectivity index (χ2v) is 4.41. The lowest BCUT2D eigenvalue weighted by molar-refractivity contribution is 0.140. The number of nitrogen functional groups attached to an aromatic ring is 1. The minimum Gasteiger partial charge on any atom is -0.450 e. The van der Waals surface area contributed by atoms with Gasteiger partial charge in [0.2, 0.25) is 0 Å². The second-order valence-electron chi connectivity index (χ2n) is 4.41. The fourth-order valence-electron chi connectivity index (χ4n) is 1.25. The van der Waals surface area contributed by atoms with Crippen LogP contribution in [0.25, 0.3) is 0 Å². The van der Waals surface area contributed by atoms with Gasteiger partial charge >= 0.3 is 6.09 Å². The number of ether oxygens (including phenoxy) is 1. The van der Waals surface area contributed by atoms with Crippen molar-refractivity contribution in [2.45, 2.75) is 26.8 Å². The molecule has 94 valence electrons. The highest BCUT2D eigenvalue weighted by molar-refractivity contribution is 5.67. The van der Waals surface area contributed by atoms with Crippen molar-refractivity contribution in [2.24, 2.45) is 5.92 Å². The topological polar surface area (TPSA) is 64.3 Å². The molecule has 4 heteroatoms. The van der Waals surface area contributed by atoms with Crippen LogP contribution < -0.4 is 11.1 Å². The van der Waals surface area contributed by atoms with Gasteiger partial charge in [0.1, 0.15) is 0 Å². The largest absolute Gasteiger partial charge is 0.450 e. The van der Waals surface area contributed by atoms with Crippen LogP contribution in [-0.2, 0) is 11.3 Å². The molecule has 0 radical (unpaired) electrons. The molecule has 0 saturated heterocycles. The number of rotatable bonds is 5. The Balaban J connectivity index is 2.21. The van der Waals surface area contributed by atoms with E-state index in [0.717, 1.165) is 12.0 Å². The quantitative estimate of drug-likeness (QED) is 0.772. The third kappa shape index (κ3) is 5.80. The predicted octanol–water partition coefficient (Wildman–Crippen LogP) is 2.54. The molecule has 0 atom stereocenters. The molecule has 3 N–H and O–H groups in total. The van der Waals surface area contributed by atoms with Crippen molar-refractivity contribution in [1.29, 1.82) is 0 Å². The van der Waals surface area contributed by atoms with Gasteiger partial charge in [-0.25, -0.2) is 4.79 Å². The van der Waals surface area contributed by atoms with E-state index in [0.29, 0.717) is 24.8 Å². The minimum absolute atomic E-state index is 0.373. The molecule has 0 unspecified atom stereocenters. The summed E-state index contributed by atoms with van der Waals surface area (Å²) in [7, 11) is 0. The monoisotopic (exact) mass is 236 g/mol. The first kappa shape index (κ1) is 13.4. The first-order chi connectivity index (χ1) is 8.08.